The Morgan fingerprint density at radius 3 is 2.60 bits per heavy atom. The van der Waals surface area contributed by atoms with E-state index in [1.54, 1.807) is 6.92 Å². The monoisotopic (exact) mass is 141 g/mol. The molecule has 0 spiro atoms. The van der Waals surface area contributed by atoms with Gasteiger partial charge in [-0.3, -0.25) is 4.79 Å². The van der Waals surface area contributed by atoms with Gasteiger partial charge in [-0.1, -0.05) is 0 Å². The number of amides is 1. The van der Waals surface area contributed by atoms with Crippen molar-refractivity contribution in [1.29, 1.82) is 0 Å². The van der Waals surface area contributed by atoms with Gasteiger partial charge in [0.25, 0.3) is 0 Å². The molecule has 1 atom stereocenters. The van der Waals surface area contributed by atoms with E-state index < -0.39 is 12.0 Å². The minimum Gasteiger partial charge on any atom is -0.479 e. The van der Waals surface area contributed by atoms with Gasteiger partial charge in [-0.15, -0.1) is 0 Å². The van der Waals surface area contributed by atoms with Crippen molar-refractivity contribution in [3.8, 4) is 0 Å². The molecule has 2 N–H and O–H groups in total. The highest BCUT2D eigenvalue weighted by Crippen LogP contribution is 2.07. The molecular formula is C6H7NO3. The lowest BCUT2D eigenvalue weighted by Crippen LogP contribution is -2.35. The van der Waals surface area contributed by atoms with Gasteiger partial charge in [0.05, 0.1) is 0 Å². The van der Waals surface area contributed by atoms with Gasteiger partial charge in [0.2, 0.25) is 5.91 Å². The highest BCUT2D eigenvalue weighted by molar-refractivity contribution is 5.97. The number of rotatable bonds is 1. The molecule has 1 aliphatic rings. The summed E-state index contributed by atoms with van der Waals surface area (Å²) in [4.78, 5) is 20.8. The number of aliphatic carboxylic acids is 1. The van der Waals surface area contributed by atoms with Crippen LogP contribution in [-0.2, 0) is 9.59 Å². The van der Waals surface area contributed by atoms with Crippen molar-refractivity contribution in [1.82, 2.24) is 5.32 Å². The molecule has 54 valence electrons. The number of carboxylic acid groups (broad SMARTS) is 1. The van der Waals surface area contributed by atoms with Crippen LogP contribution in [0.15, 0.2) is 11.6 Å². The molecule has 0 saturated carbocycles. The van der Waals surface area contributed by atoms with Gasteiger partial charge in [0.1, 0.15) is 6.04 Å². The Bertz CT molecular complexity index is 219. The van der Waals surface area contributed by atoms with E-state index in [-0.39, 0.29) is 5.91 Å². The van der Waals surface area contributed by atoms with Crippen molar-refractivity contribution in [3.05, 3.63) is 11.6 Å². The number of hydrogen-bond donors (Lipinski definition) is 2. The molecule has 0 radical (unpaired) electrons. The lowest BCUT2D eigenvalue weighted by atomic mass is 10.2. The van der Waals surface area contributed by atoms with Crippen LogP contribution in [0.5, 0.6) is 0 Å². The van der Waals surface area contributed by atoms with E-state index in [9.17, 15) is 9.59 Å². The maximum Gasteiger partial charge on any atom is 0.330 e. The Balaban J connectivity index is 2.78. The fourth-order valence-corrected chi connectivity index (χ4v) is 0.844. The zero-order chi connectivity index (χ0) is 7.72. The number of carboxylic acids is 1. The van der Waals surface area contributed by atoms with E-state index >= 15 is 0 Å². The summed E-state index contributed by atoms with van der Waals surface area (Å²) in [6, 6.07) is -0.813. The summed E-state index contributed by atoms with van der Waals surface area (Å²) >= 11 is 0. The first-order valence-corrected chi connectivity index (χ1v) is 2.83. The van der Waals surface area contributed by atoms with Crippen LogP contribution >= 0.6 is 0 Å². The molecule has 1 aliphatic heterocycles. The third-order valence-electron chi connectivity index (χ3n) is 1.35. The summed E-state index contributed by atoms with van der Waals surface area (Å²) in [5.41, 5.74) is 0.553. The van der Waals surface area contributed by atoms with Gasteiger partial charge in [-0.2, -0.15) is 0 Å². The van der Waals surface area contributed by atoms with E-state index in [0.29, 0.717) is 5.57 Å². The van der Waals surface area contributed by atoms with Crippen molar-refractivity contribution in [2.24, 2.45) is 0 Å². The van der Waals surface area contributed by atoms with Crippen molar-refractivity contribution in [2.75, 3.05) is 0 Å². The highest BCUT2D eigenvalue weighted by Gasteiger charge is 2.26. The fourth-order valence-electron chi connectivity index (χ4n) is 0.844. The molecule has 4 heteroatoms. The predicted molar refractivity (Wildman–Crippen MR) is 33.3 cm³/mol. The van der Waals surface area contributed by atoms with Crippen LogP contribution in [0.25, 0.3) is 0 Å². The molecule has 0 bridgehead atoms. The molecule has 0 aromatic rings. The van der Waals surface area contributed by atoms with E-state index in [1.165, 1.54) is 6.08 Å². The second-order valence-corrected chi connectivity index (χ2v) is 2.17. The van der Waals surface area contributed by atoms with Crippen LogP contribution < -0.4 is 5.32 Å². The van der Waals surface area contributed by atoms with Crippen molar-refractivity contribution in [2.45, 2.75) is 13.0 Å². The molecule has 1 rings (SSSR count). The molecule has 10 heavy (non-hydrogen) atoms. The van der Waals surface area contributed by atoms with E-state index in [1.807, 2.05) is 0 Å². The standard InChI is InChI=1S/C6H7NO3/c1-3-2-4(8)7-5(3)6(9)10/h2,5H,1H3,(H,7,8)(H,9,10)/t5-/m0/s1. The maximum atomic E-state index is 10.5. The predicted octanol–water partition coefficient (Wildman–Crippen LogP) is -0.484. The molecule has 1 amide bonds. The Labute approximate surface area is 57.5 Å². The first-order chi connectivity index (χ1) is 4.61. The smallest absolute Gasteiger partial charge is 0.330 e. The summed E-state index contributed by atoms with van der Waals surface area (Å²) in [7, 11) is 0. The topological polar surface area (TPSA) is 66.4 Å². The number of carbonyl (C=O) groups excluding carboxylic acids is 1. The number of nitrogens with one attached hydrogen (secondary N) is 1. The summed E-state index contributed by atoms with van der Waals surface area (Å²) in [5, 5.41) is 10.7. The molecule has 0 unspecified atom stereocenters. The molecule has 4 nitrogen and oxygen atoms in total. The van der Waals surface area contributed by atoms with Gasteiger partial charge in [-0.05, 0) is 12.5 Å². The van der Waals surface area contributed by atoms with E-state index in [4.69, 9.17) is 5.11 Å². The lowest BCUT2D eigenvalue weighted by molar-refractivity contribution is -0.139. The summed E-state index contributed by atoms with van der Waals surface area (Å²) in [6.45, 7) is 1.61. The SMILES string of the molecule is CC1=CC(=O)N[C@@H]1C(=O)O. The fraction of sp³-hybridized carbons (Fsp3) is 0.333. The second-order valence-electron chi connectivity index (χ2n) is 2.17. The van der Waals surface area contributed by atoms with Gasteiger partial charge < -0.3 is 10.4 Å². The summed E-state index contributed by atoms with van der Waals surface area (Å²) < 4.78 is 0. The average Bonchev–Trinajstić information content (AvgIpc) is 2.10. The first-order valence-electron chi connectivity index (χ1n) is 2.83. The maximum absolute atomic E-state index is 10.5. The molecule has 0 fully saturated rings. The molecule has 0 saturated heterocycles. The summed E-state index contributed by atoms with van der Waals surface area (Å²) in [5.74, 6) is -1.34. The summed E-state index contributed by atoms with van der Waals surface area (Å²) in [6.07, 6.45) is 1.29. The number of carbonyl (C=O) groups is 2. The third kappa shape index (κ3) is 1.00. The molecule has 0 aliphatic carbocycles. The zero-order valence-electron chi connectivity index (χ0n) is 5.42. The van der Waals surface area contributed by atoms with Crippen LogP contribution in [0.3, 0.4) is 0 Å². The molecule has 0 aromatic heterocycles. The van der Waals surface area contributed by atoms with Crippen LogP contribution in [0, 0.1) is 0 Å². The highest BCUT2D eigenvalue weighted by atomic mass is 16.4. The molecule has 1 heterocycles. The number of hydrogen-bond acceptors (Lipinski definition) is 2. The third-order valence-corrected chi connectivity index (χ3v) is 1.35. The molecular weight excluding hydrogens is 134 g/mol. The quantitative estimate of drug-likeness (QED) is 0.518. The second kappa shape index (κ2) is 2.13. The van der Waals surface area contributed by atoms with Crippen molar-refractivity contribution < 1.29 is 14.7 Å². The average molecular weight is 141 g/mol. The van der Waals surface area contributed by atoms with Crippen LogP contribution in [0.4, 0.5) is 0 Å². The Morgan fingerprint density at radius 2 is 2.40 bits per heavy atom. The van der Waals surface area contributed by atoms with Crippen LogP contribution in [0.2, 0.25) is 0 Å². The first kappa shape index (κ1) is 6.80. The van der Waals surface area contributed by atoms with Crippen molar-refractivity contribution in [3.63, 3.8) is 0 Å². The van der Waals surface area contributed by atoms with Crippen molar-refractivity contribution >= 4 is 11.9 Å². The minimum atomic E-state index is -1.01. The van der Waals surface area contributed by atoms with E-state index in [2.05, 4.69) is 5.32 Å². The Morgan fingerprint density at radius 1 is 1.80 bits per heavy atom. The van der Waals surface area contributed by atoms with Crippen LogP contribution in [0.1, 0.15) is 6.92 Å². The Kier molecular flexibility index (Phi) is 1.45. The zero-order valence-corrected chi connectivity index (χ0v) is 5.42. The lowest BCUT2D eigenvalue weighted by Gasteiger charge is -2.04. The van der Waals surface area contributed by atoms with Crippen LogP contribution in [-0.4, -0.2) is 23.0 Å². The largest absolute Gasteiger partial charge is 0.479 e. The van der Waals surface area contributed by atoms with Gasteiger partial charge in [0.15, 0.2) is 0 Å². The van der Waals surface area contributed by atoms with Gasteiger partial charge in [-0.25, -0.2) is 4.79 Å². The van der Waals surface area contributed by atoms with E-state index in [0.717, 1.165) is 0 Å². The Hall–Kier alpha value is -1.32. The minimum absolute atomic E-state index is 0.329. The van der Waals surface area contributed by atoms with Gasteiger partial charge in [0, 0.05) is 6.08 Å². The van der Waals surface area contributed by atoms with Gasteiger partial charge >= 0.3 is 5.97 Å². The normalized spacial score (nSPS) is 23.9. The molecule has 0 aromatic carbocycles.